The van der Waals surface area contributed by atoms with Crippen molar-refractivity contribution in [2.75, 3.05) is 19.6 Å². The quantitative estimate of drug-likeness (QED) is 0.818. The summed E-state index contributed by atoms with van der Waals surface area (Å²) in [6.45, 7) is 6.63. The second-order valence-electron chi connectivity index (χ2n) is 7.84. The lowest BCUT2D eigenvalue weighted by Crippen LogP contribution is -2.42. The number of rotatable bonds is 4. The van der Waals surface area contributed by atoms with E-state index >= 15 is 0 Å². The molecule has 2 N–H and O–H groups in total. The zero-order chi connectivity index (χ0) is 16.5. The largest absolute Gasteiger partial charge is 0.481 e. The van der Waals surface area contributed by atoms with Crippen LogP contribution in [0.4, 0.5) is 0 Å². The maximum Gasteiger partial charge on any atom is 0.311 e. The predicted molar refractivity (Wildman–Crippen MR) is 81.1 cm³/mol. The summed E-state index contributed by atoms with van der Waals surface area (Å²) in [5, 5.41) is 12.2. The average Bonchev–Trinajstić information content (AvgIpc) is 2.91. The molecule has 1 saturated heterocycles. The highest BCUT2D eigenvalue weighted by molar-refractivity contribution is 5.86. The van der Waals surface area contributed by atoms with Gasteiger partial charge in [0.1, 0.15) is 0 Å². The molecule has 22 heavy (non-hydrogen) atoms. The van der Waals surface area contributed by atoms with E-state index in [1.807, 2.05) is 20.8 Å². The third kappa shape index (κ3) is 3.42. The number of carboxylic acids is 1. The molecule has 2 aliphatic rings. The Hall–Kier alpha value is -1.59. The molecule has 1 saturated carbocycles. The van der Waals surface area contributed by atoms with Crippen LogP contribution < -0.4 is 5.32 Å². The van der Waals surface area contributed by atoms with Gasteiger partial charge in [-0.05, 0) is 24.2 Å². The molecule has 0 spiro atoms. The van der Waals surface area contributed by atoms with Crippen LogP contribution in [-0.2, 0) is 14.4 Å². The van der Waals surface area contributed by atoms with E-state index < -0.39 is 11.4 Å². The first kappa shape index (κ1) is 16.8. The van der Waals surface area contributed by atoms with Gasteiger partial charge in [0.2, 0.25) is 11.8 Å². The fourth-order valence-electron chi connectivity index (χ4n) is 3.66. The van der Waals surface area contributed by atoms with E-state index in [-0.39, 0.29) is 36.2 Å². The van der Waals surface area contributed by atoms with Crippen LogP contribution in [0.3, 0.4) is 0 Å². The molecule has 1 aliphatic heterocycles. The van der Waals surface area contributed by atoms with Gasteiger partial charge in [-0.3, -0.25) is 14.4 Å². The molecule has 0 unspecified atom stereocenters. The van der Waals surface area contributed by atoms with E-state index in [1.54, 1.807) is 4.90 Å². The lowest BCUT2D eigenvalue weighted by Gasteiger charge is -2.23. The number of hydrogen-bond acceptors (Lipinski definition) is 3. The Kier molecular flexibility index (Phi) is 4.49. The van der Waals surface area contributed by atoms with Crippen LogP contribution >= 0.6 is 0 Å². The van der Waals surface area contributed by atoms with Gasteiger partial charge in [-0.2, -0.15) is 0 Å². The van der Waals surface area contributed by atoms with E-state index in [1.165, 1.54) is 0 Å². The Morgan fingerprint density at radius 1 is 1.32 bits per heavy atom. The van der Waals surface area contributed by atoms with Crippen molar-refractivity contribution in [3.8, 4) is 0 Å². The number of aliphatic carboxylic acids is 1. The van der Waals surface area contributed by atoms with Crippen LogP contribution in [-0.4, -0.2) is 47.4 Å². The molecule has 2 rings (SSSR count). The molecule has 6 heteroatoms. The molecule has 124 valence electrons. The van der Waals surface area contributed by atoms with Crippen molar-refractivity contribution in [1.29, 1.82) is 0 Å². The summed E-state index contributed by atoms with van der Waals surface area (Å²) in [6, 6.07) is 0. The zero-order valence-electron chi connectivity index (χ0n) is 13.6. The molecular formula is C16H26N2O4. The standard InChI is InChI=1S/C16H26N2O4/c1-15(2,3)7-12(19)17-8-13(20)18-9-11-5-4-6-16(11,10-18)14(21)22/h11H,4-10H2,1-3H3,(H,17,19)(H,21,22)/t11-,16+/m0/s1. The van der Waals surface area contributed by atoms with Crippen molar-refractivity contribution < 1.29 is 19.5 Å². The van der Waals surface area contributed by atoms with Crippen molar-refractivity contribution >= 4 is 17.8 Å². The number of carbonyl (C=O) groups is 3. The highest BCUT2D eigenvalue weighted by atomic mass is 16.4. The van der Waals surface area contributed by atoms with Crippen LogP contribution in [0.5, 0.6) is 0 Å². The Labute approximate surface area is 131 Å². The van der Waals surface area contributed by atoms with Crippen LogP contribution in [0, 0.1) is 16.7 Å². The second-order valence-corrected chi connectivity index (χ2v) is 7.84. The molecule has 2 amide bonds. The van der Waals surface area contributed by atoms with E-state index in [2.05, 4.69) is 5.32 Å². The highest BCUT2D eigenvalue weighted by Crippen LogP contribution is 2.48. The summed E-state index contributed by atoms with van der Waals surface area (Å²) in [5.41, 5.74) is -0.879. The van der Waals surface area contributed by atoms with Crippen molar-refractivity contribution in [3.05, 3.63) is 0 Å². The smallest absolute Gasteiger partial charge is 0.311 e. The minimum Gasteiger partial charge on any atom is -0.481 e. The molecular weight excluding hydrogens is 284 g/mol. The first-order valence-electron chi connectivity index (χ1n) is 7.92. The van der Waals surface area contributed by atoms with Gasteiger partial charge in [0.25, 0.3) is 0 Å². The number of likely N-dealkylation sites (tertiary alicyclic amines) is 1. The first-order valence-corrected chi connectivity index (χ1v) is 7.92. The Morgan fingerprint density at radius 2 is 2.00 bits per heavy atom. The van der Waals surface area contributed by atoms with E-state index in [0.717, 1.165) is 12.8 Å². The maximum absolute atomic E-state index is 12.2. The maximum atomic E-state index is 12.2. The average molecular weight is 310 g/mol. The lowest BCUT2D eigenvalue weighted by atomic mass is 9.81. The molecule has 0 bridgehead atoms. The summed E-state index contributed by atoms with van der Waals surface area (Å²) in [7, 11) is 0. The second kappa shape index (κ2) is 5.89. The molecule has 0 radical (unpaired) electrons. The van der Waals surface area contributed by atoms with Gasteiger partial charge in [0.05, 0.1) is 12.0 Å². The van der Waals surface area contributed by atoms with Gasteiger partial charge < -0.3 is 15.3 Å². The minimum absolute atomic E-state index is 0.0443. The molecule has 0 aromatic carbocycles. The Balaban J connectivity index is 1.87. The zero-order valence-corrected chi connectivity index (χ0v) is 13.6. The molecule has 1 heterocycles. The number of carboxylic acid groups (broad SMARTS) is 1. The summed E-state index contributed by atoms with van der Waals surface area (Å²) >= 11 is 0. The molecule has 0 aromatic heterocycles. The van der Waals surface area contributed by atoms with Gasteiger partial charge in [-0.15, -0.1) is 0 Å². The van der Waals surface area contributed by atoms with Crippen LogP contribution in [0.25, 0.3) is 0 Å². The van der Waals surface area contributed by atoms with Gasteiger partial charge in [-0.25, -0.2) is 0 Å². The highest BCUT2D eigenvalue weighted by Gasteiger charge is 2.55. The van der Waals surface area contributed by atoms with Crippen LogP contribution in [0.2, 0.25) is 0 Å². The van der Waals surface area contributed by atoms with Crippen molar-refractivity contribution in [2.24, 2.45) is 16.7 Å². The van der Waals surface area contributed by atoms with Gasteiger partial charge in [-0.1, -0.05) is 27.2 Å². The fraction of sp³-hybridized carbons (Fsp3) is 0.812. The minimum atomic E-state index is -0.790. The lowest BCUT2D eigenvalue weighted by molar-refractivity contribution is -0.149. The Morgan fingerprint density at radius 3 is 2.55 bits per heavy atom. The summed E-state index contributed by atoms with van der Waals surface area (Å²) in [6.07, 6.45) is 2.79. The van der Waals surface area contributed by atoms with Crippen LogP contribution in [0.15, 0.2) is 0 Å². The number of fused-ring (bicyclic) bond motifs is 1. The number of nitrogens with one attached hydrogen (secondary N) is 1. The van der Waals surface area contributed by atoms with Crippen molar-refractivity contribution in [1.82, 2.24) is 10.2 Å². The number of amides is 2. The summed E-state index contributed by atoms with van der Waals surface area (Å²) in [5.74, 6) is -1.06. The molecule has 6 nitrogen and oxygen atoms in total. The van der Waals surface area contributed by atoms with Gasteiger partial charge in [0, 0.05) is 19.5 Å². The summed E-state index contributed by atoms with van der Waals surface area (Å²) < 4.78 is 0. The SMILES string of the molecule is CC(C)(C)CC(=O)NCC(=O)N1C[C@@H]2CCC[C@@]2(C(=O)O)C1. The topological polar surface area (TPSA) is 86.7 Å². The molecule has 1 aliphatic carbocycles. The Bertz CT molecular complexity index is 483. The monoisotopic (exact) mass is 310 g/mol. The fourth-order valence-corrected chi connectivity index (χ4v) is 3.66. The third-order valence-corrected chi connectivity index (χ3v) is 4.78. The first-order chi connectivity index (χ1) is 10.1. The van der Waals surface area contributed by atoms with E-state index in [9.17, 15) is 19.5 Å². The number of nitrogens with zero attached hydrogens (tertiary/aromatic N) is 1. The van der Waals surface area contributed by atoms with Crippen LogP contribution in [0.1, 0.15) is 46.5 Å². The molecule has 2 atom stereocenters. The number of carbonyl (C=O) groups excluding carboxylic acids is 2. The van der Waals surface area contributed by atoms with Gasteiger partial charge in [0.15, 0.2) is 0 Å². The molecule has 0 aromatic rings. The van der Waals surface area contributed by atoms with E-state index in [4.69, 9.17) is 0 Å². The normalized spacial score (nSPS) is 27.6. The number of hydrogen-bond donors (Lipinski definition) is 2. The van der Waals surface area contributed by atoms with Crippen molar-refractivity contribution in [2.45, 2.75) is 46.5 Å². The van der Waals surface area contributed by atoms with E-state index in [0.29, 0.717) is 19.4 Å². The third-order valence-electron chi connectivity index (χ3n) is 4.78. The molecule has 2 fully saturated rings. The van der Waals surface area contributed by atoms with Crippen molar-refractivity contribution in [3.63, 3.8) is 0 Å². The predicted octanol–water partition coefficient (Wildman–Crippen LogP) is 1.25. The van der Waals surface area contributed by atoms with Gasteiger partial charge >= 0.3 is 5.97 Å². The summed E-state index contributed by atoms with van der Waals surface area (Å²) in [4.78, 5) is 37.2.